The fourth-order valence-corrected chi connectivity index (χ4v) is 4.09. The summed E-state index contributed by atoms with van der Waals surface area (Å²) in [5.41, 5.74) is 1.46. The van der Waals surface area contributed by atoms with Gasteiger partial charge in [-0.05, 0) is 48.6 Å². The van der Waals surface area contributed by atoms with E-state index in [1.807, 2.05) is 18.7 Å². The molecule has 116 valence electrons. The molecule has 2 fully saturated rings. The summed E-state index contributed by atoms with van der Waals surface area (Å²) >= 11 is 0. The van der Waals surface area contributed by atoms with Gasteiger partial charge in [-0.25, -0.2) is 9.97 Å². The number of nitrogens with one attached hydrogen (secondary N) is 1. The molecule has 2 aromatic heterocycles. The van der Waals surface area contributed by atoms with E-state index in [1.54, 1.807) is 0 Å². The van der Waals surface area contributed by atoms with Crippen LogP contribution in [0.3, 0.4) is 0 Å². The minimum Gasteiger partial charge on any atom is -0.370 e. The fraction of sp³-hybridized carbons (Fsp3) is 0.556. The van der Waals surface area contributed by atoms with Gasteiger partial charge in [0.25, 0.3) is 0 Å². The number of hydrogen-bond donors (Lipinski definition) is 1. The molecule has 2 aliphatic carbocycles. The van der Waals surface area contributed by atoms with Crippen LogP contribution >= 0.6 is 0 Å². The van der Waals surface area contributed by atoms with Crippen LogP contribution in [-0.2, 0) is 6.54 Å². The predicted molar refractivity (Wildman–Crippen MR) is 87.8 cm³/mol. The van der Waals surface area contributed by atoms with Crippen molar-refractivity contribution in [2.45, 2.75) is 44.6 Å². The van der Waals surface area contributed by atoms with Crippen LogP contribution in [0.4, 0.5) is 5.82 Å². The smallest absolute Gasteiger partial charge is 0.125 e. The first-order valence-electron chi connectivity index (χ1n) is 8.57. The van der Waals surface area contributed by atoms with E-state index >= 15 is 0 Å². The molecule has 2 heterocycles. The molecule has 0 amide bonds. The Morgan fingerprint density at radius 2 is 2.05 bits per heavy atom. The van der Waals surface area contributed by atoms with E-state index in [4.69, 9.17) is 0 Å². The molecule has 2 saturated carbocycles. The van der Waals surface area contributed by atoms with Gasteiger partial charge in [-0.15, -0.1) is 0 Å². The number of anilines is 1. The third-order valence-electron chi connectivity index (χ3n) is 5.29. The number of rotatable bonds is 6. The van der Waals surface area contributed by atoms with Gasteiger partial charge in [0.2, 0.25) is 0 Å². The van der Waals surface area contributed by atoms with Gasteiger partial charge < -0.3 is 9.88 Å². The zero-order valence-corrected chi connectivity index (χ0v) is 13.0. The molecule has 4 rings (SSSR count). The lowest BCUT2D eigenvalue weighted by molar-refractivity contribution is 0.480. The maximum absolute atomic E-state index is 4.60. The highest BCUT2D eigenvalue weighted by Crippen LogP contribution is 2.61. The van der Waals surface area contributed by atoms with E-state index in [2.05, 4.69) is 38.2 Å². The number of fused-ring (bicyclic) bond motifs is 1. The van der Waals surface area contributed by atoms with Crippen molar-refractivity contribution in [2.24, 2.45) is 11.8 Å². The van der Waals surface area contributed by atoms with Crippen LogP contribution in [0.15, 0.2) is 37.1 Å². The molecule has 1 N–H and O–H groups in total. The van der Waals surface area contributed by atoms with Crippen LogP contribution < -0.4 is 5.32 Å². The van der Waals surface area contributed by atoms with Crippen molar-refractivity contribution in [2.75, 3.05) is 11.9 Å². The van der Waals surface area contributed by atoms with Crippen LogP contribution in [0.1, 0.15) is 43.6 Å². The lowest BCUT2D eigenvalue weighted by Crippen LogP contribution is -2.06. The Hall–Kier alpha value is -1.84. The highest BCUT2D eigenvalue weighted by molar-refractivity contribution is 5.38. The molecule has 0 spiro atoms. The largest absolute Gasteiger partial charge is 0.370 e. The Morgan fingerprint density at radius 3 is 2.73 bits per heavy atom. The molecule has 1 unspecified atom stereocenters. The standard InChI is InChI=1S/C18H24N4/c1-2-5-16-15(4-1)18(16)14-6-7-17(21-12-14)20-8-3-10-22-11-9-19-13-22/h6-7,9,11-13,15-16,18H,1-5,8,10H2,(H,20,21)/t15-,16+,18?. The topological polar surface area (TPSA) is 42.7 Å². The SMILES string of the molecule is c1cn(CCCNc2ccc(C3[C@H]4CCCC[C@@H]34)cn2)cn1. The fourth-order valence-electron chi connectivity index (χ4n) is 4.09. The number of pyridine rings is 1. The first kappa shape index (κ1) is 13.8. The third kappa shape index (κ3) is 2.87. The van der Waals surface area contributed by atoms with E-state index < -0.39 is 0 Å². The lowest BCUT2D eigenvalue weighted by atomic mass is 10.0. The Balaban J connectivity index is 1.25. The molecule has 0 saturated heterocycles. The zero-order chi connectivity index (χ0) is 14.8. The van der Waals surface area contributed by atoms with Gasteiger partial charge in [-0.2, -0.15) is 0 Å². The van der Waals surface area contributed by atoms with E-state index in [9.17, 15) is 0 Å². The zero-order valence-electron chi connectivity index (χ0n) is 13.0. The molecule has 4 heteroatoms. The van der Waals surface area contributed by atoms with Crippen molar-refractivity contribution in [3.05, 3.63) is 42.6 Å². The van der Waals surface area contributed by atoms with E-state index in [0.29, 0.717) is 0 Å². The van der Waals surface area contributed by atoms with Crippen LogP contribution in [0.5, 0.6) is 0 Å². The van der Waals surface area contributed by atoms with Gasteiger partial charge in [0.05, 0.1) is 6.33 Å². The minimum atomic E-state index is 0.810. The molecule has 22 heavy (non-hydrogen) atoms. The summed E-state index contributed by atoms with van der Waals surface area (Å²) in [5, 5.41) is 3.41. The summed E-state index contributed by atoms with van der Waals surface area (Å²) in [4.78, 5) is 8.65. The van der Waals surface area contributed by atoms with Crippen LogP contribution in [0.25, 0.3) is 0 Å². The molecular weight excluding hydrogens is 272 g/mol. The van der Waals surface area contributed by atoms with Crippen LogP contribution in [0, 0.1) is 11.8 Å². The quantitative estimate of drug-likeness (QED) is 0.827. The number of hydrogen-bond acceptors (Lipinski definition) is 3. The van der Waals surface area contributed by atoms with Gasteiger partial charge in [-0.1, -0.05) is 18.9 Å². The summed E-state index contributed by atoms with van der Waals surface area (Å²) in [6, 6.07) is 4.44. The van der Waals surface area contributed by atoms with Crippen molar-refractivity contribution in [1.82, 2.24) is 14.5 Å². The number of aromatic nitrogens is 3. The van der Waals surface area contributed by atoms with Gasteiger partial charge in [-0.3, -0.25) is 0 Å². The molecule has 2 aliphatic rings. The van der Waals surface area contributed by atoms with Crippen molar-refractivity contribution in [1.29, 1.82) is 0 Å². The number of imidazole rings is 1. The Kier molecular flexibility index (Phi) is 3.83. The van der Waals surface area contributed by atoms with Crippen LogP contribution in [0.2, 0.25) is 0 Å². The van der Waals surface area contributed by atoms with Gasteiger partial charge in [0, 0.05) is 31.7 Å². The van der Waals surface area contributed by atoms with E-state index in [-0.39, 0.29) is 0 Å². The summed E-state index contributed by atoms with van der Waals surface area (Å²) in [6.07, 6.45) is 14.6. The minimum absolute atomic E-state index is 0.810. The second-order valence-corrected chi connectivity index (χ2v) is 6.70. The van der Waals surface area contributed by atoms with Crippen molar-refractivity contribution in [3.8, 4) is 0 Å². The van der Waals surface area contributed by atoms with Gasteiger partial charge in [0.1, 0.15) is 5.82 Å². The Bertz CT molecular complexity index is 578. The maximum atomic E-state index is 4.60. The second-order valence-electron chi connectivity index (χ2n) is 6.70. The molecule has 0 aliphatic heterocycles. The molecule has 2 aromatic rings. The Morgan fingerprint density at radius 1 is 1.18 bits per heavy atom. The third-order valence-corrected chi connectivity index (χ3v) is 5.29. The highest BCUT2D eigenvalue weighted by atomic mass is 15.0. The summed E-state index contributed by atoms with van der Waals surface area (Å²) in [6.45, 7) is 1.94. The first-order valence-corrected chi connectivity index (χ1v) is 8.57. The van der Waals surface area contributed by atoms with Crippen molar-refractivity contribution < 1.29 is 0 Å². The molecule has 0 radical (unpaired) electrons. The monoisotopic (exact) mass is 296 g/mol. The average molecular weight is 296 g/mol. The molecule has 3 atom stereocenters. The lowest BCUT2D eigenvalue weighted by Gasteiger charge is -2.07. The number of nitrogens with zero attached hydrogens (tertiary/aromatic N) is 3. The molecule has 0 aromatic carbocycles. The molecule has 0 bridgehead atoms. The van der Waals surface area contributed by atoms with Gasteiger partial charge in [0.15, 0.2) is 0 Å². The average Bonchev–Trinajstić information content (AvgIpc) is 3.05. The van der Waals surface area contributed by atoms with E-state index in [1.165, 1.54) is 31.2 Å². The van der Waals surface area contributed by atoms with Gasteiger partial charge >= 0.3 is 0 Å². The van der Waals surface area contributed by atoms with E-state index in [0.717, 1.165) is 43.1 Å². The summed E-state index contributed by atoms with van der Waals surface area (Å²) < 4.78 is 2.10. The maximum Gasteiger partial charge on any atom is 0.125 e. The molecular formula is C18H24N4. The van der Waals surface area contributed by atoms with Crippen molar-refractivity contribution in [3.63, 3.8) is 0 Å². The summed E-state index contributed by atoms with van der Waals surface area (Å²) in [7, 11) is 0. The Labute approximate surface area is 132 Å². The predicted octanol–water partition coefficient (Wildman–Crippen LogP) is 3.68. The normalized spacial score (nSPS) is 26.5. The molecule has 4 nitrogen and oxygen atoms in total. The number of aryl methyl sites for hydroxylation is 1. The second kappa shape index (κ2) is 6.11. The highest BCUT2D eigenvalue weighted by Gasteiger charge is 2.51. The first-order chi connectivity index (χ1) is 10.9. The van der Waals surface area contributed by atoms with Crippen LogP contribution in [-0.4, -0.2) is 21.1 Å². The van der Waals surface area contributed by atoms with Crippen molar-refractivity contribution >= 4 is 5.82 Å². The summed E-state index contributed by atoms with van der Waals surface area (Å²) in [5.74, 6) is 3.73.